The van der Waals surface area contributed by atoms with Crippen molar-refractivity contribution in [2.24, 2.45) is 0 Å². The number of hydrogen-bond acceptors (Lipinski definition) is 3. The molecular formula is F5O3P3. The van der Waals surface area contributed by atoms with E-state index in [4.69, 9.17) is 0 Å². The molecule has 0 saturated heterocycles. The van der Waals surface area contributed by atoms with E-state index in [9.17, 15) is 25.5 Å². The molecule has 11 heteroatoms. The zero-order valence-electron chi connectivity index (χ0n) is 4.46. The minimum Gasteiger partial charge on any atom is -0.222 e. The van der Waals surface area contributed by atoms with Crippen LogP contribution < -0.4 is 0 Å². The van der Waals surface area contributed by atoms with Crippen molar-refractivity contribution in [1.29, 1.82) is 0 Å². The number of rotatable bonds is 4. The minimum atomic E-state index is -5.75. The Hall–Kier alpha value is 0.660. The molecule has 0 saturated carbocycles. The Balaban J connectivity index is 3.91. The van der Waals surface area contributed by atoms with Gasteiger partial charge in [0.05, 0.1) is 0 Å². The van der Waals surface area contributed by atoms with Crippen LogP contribution in [0.5, 0.6) is 0 Å². The van der Waals surface area contributed by atoms with Gasteiger partial charge in [-0.15, -0.1) is 4.20 Å². The molecule has 0 amide bonds. The third-order valence-corrected chi connectivity index (χ3v) is 2.87. The van der Waals surface area contributed by atoms with Crippen molar-refractivity contribution in [3.8, 4) is 0 Å². The number of halogens is 5. The molecule has 0 spiro atoms. The van der Waals surface area contributed by atoms with Gasteiger partial charge in [-0.2, -0.15) is 16.8 Å². The Labute approximate surface area is 60.7 Å². The van der Waals surface area contributed by atoms with E-state index in [1.54, 1.807) is 0 Å². The Morgan fingerprint density at radius 2 is 1.27 bits per heavy atom. The average molecular weight is 236 g/mol. The Morgan fingerprint density at radius 1 is 1.00 bits per heavy atom. The molecule has 0 fully saturated rings. The van der Waals surface area contributed by atoms with Crippen molar-refractivity contribution in [3.05, 3.63) is 0 Å². The van der Waals surface area contributed by atoms with E-state index in [-0.39, 0.29) is 0 Å². The van der Waals surface area contributed by atoms with E-state index >= 15 is 0 Å². The predicted molar refractivity (Wildman–Crippen MR) is 29.2 cm³/mol. The van der Waals surface area contributed by atoms with Crippen LogP contribution in [0.1, 0.15) is 0 Å². The fraction of sp³-hybridized carbons (Fsp3) is 0. The lowest BCUT2D eigenvalue weighted by Gasteiger charge is -2.04. The molecule has 0 aromatic carbocycles. The van der Waals surface area contributed by atoms with Crippen LogP contribution >= 0.6 is 25.4 Å². The van der Waals surface area contributed by atoms with Gasteiger partial charge >= 0.3 is 25.4 Å². The molecule has 0 atom stereocenters. The first-order valence-corrected chi connectivity index (χ1v) is 5.27. The minimum absolute atomic E-state index is 2.68. The Kier molecular flexibility index (Phi) is 4.91. The van der Waals surface area contributed by atoms with Gasteiger partial charge in [0.1, 0.15) is 0 Å². The third kappa shape index (κ3) is 7.04. The highest BCUT2D eigenvalue weighted by molar-refractivity contribution is 7.64. The van der Waals surface area contributed by atoms with Gasteiger partial charge in [-0.3, -0.25) is 0 Å². The summed E-state index contributed by atoms with van der Waals surface area (Å²) in [6.45, 7) is 0. The second-order valence-electron chi connectivity index (χ2n) is 0.998. The lowest BCUT2D eigenvalue weighted by Crippen LogP contribution is -1.75. The molecule has 0 unspecified atom stereocenters. The molecule has 0 radical (unpaired) electrons. The molecule has 3 nitrogen and oxygen atoms in total. The maximum absolute atomic E-state index is 11.8. The van der Waals surface area contributed by atoms with Gasteiger partial charge in [0.2, 0.25) is 0 Å². The normalized spacial score (nSPS) is 13.0. The summed E-state index contributed by atoms with van der Waals surface area (Å²) >= 11 is 0. The van der Waals surface area contributed by atoms with Crippen LogP contribution in [-0.2, 0) is 13.2 Å². The first kappa shape index (κ1) is 11.7. The molecule has 0 aliphatic carbocycles. The van der Waals surface area contributed by atoms with Crippen LogP contribution in [0.2, 0.25) is 0 Å². The quantitative estimate of drug-likeness (QED) is 0.534. The first-order chi connectivity index (χ1) is 4.83. The van der Waals surface area contributed by atoms with Gasteiger partial charge in [0.15, 0.2) is 0 Å². The molecule has 0 aliphatic rings. The van der Waals surface area contributed by atoms with Crippen LogP contribution in [0, 0.1) is 0 Å². The Bertz CT molecular complexity index is 143. The standard InChI is InChI=1S/F5O3P3/c1-9(2)7-11(5,6)8-10(3)4. The highest BCUT2D eigenvalue weighted by Gasteiger charge is 2.35. The third-order valence-electron chi connectivity index (χ3n) is 0.318. The van der Waals surface area contributed by atoms with E-state index in [0.717, 1.165) is 0 Å². The molecule has 0 aromatic heterocycles. The fourth-order valence-electron chi connectivity index (χ4n) is 0.162. The van der Waals surface area contributed by atoms with Gasteiger partial charge < -0.3 is 0 Å². The molecule has 0 bridgehead atoms. The maximum atomic E-state index is 11.8. The molecule has 0 N–H and O–H groups in total. The summed E-state index contributed by atoms with van der Waals surface area (Å²) in [6.07, 6.45) is 0. The highest BCUT2D eigenvalue weighted by Crippen LogP contribution is 2.68. The van der Waals surface area contributed by atoms with E-state index in [0.29, 0.717) is 0 Å². The fourth-order valence-corrected chi connectivity index (χ4v) is 1.73. The zero-order chi connectivity index (χ0) is 9.07. The van der Waals surface area contributed by atoms with Gasteiger partial charge in [-0.25, -0.2) is 13.2 Å². The molecule has 0 heterocycles. The van der Waals surface area contributed by atoms with Crippen molar-refractivity contribution < 1.29 is 34.2 Å². The number of hydrogen-bond donors (Lipinski definition) is 0. The SMILES string of the molecule is O=P(F)(OP(F)F)OP(F)F. The summed E-state index contributed by atoms with van der Waals surface area (Å²) in [6, 6.07) is 0. The van der Waals surface area contributed by atoms with Crippen LogP contribution in [-0.4, -0.2) is 0 Å². The zero-order valence-corrected chi connectivity index (χ0v) is 7.14. The van der Waals surface area contributed by atoms with Crippen LogP contribution in [0.3, 0.4) is 0 Å². The van der Waals surface area contributed by atoms with Crippen LogP contribution in [0.25, 0.3) is 0 Å². The maximum Gasteiger partial charge on any atom is 0.527 e. The Morgan fingerprint density at radius 3 is 1.45 bits per heavy atom. The summed E-state index contributed by atoms with van der Waals surface area (Å²) in [5.41, 5.74) is 0. The van der Waals surface area contributed by atoms with E-state index < -0.39 is 25.4 Å². The summed E-state index contributed by atoms with van der Waals surface area (Å²) in [4.78, 5) is 0. The molecule has 0 aliphatic heterocycles. The smallest absolute Gasteiger partial charge is 0.222 e. The van der Waals surface area contributed by atoms with Crippen molar-refractivity contribution in [3.63, 3.8) is 0 Å². The second-order valence-corrected chi connectivity index (χ2v) is 3.97. The second kappa shape index (κ2) is 4.63. The summed E-state index contributed by atoms with van der Waals surface area (Å²) in [5, 5.41) is 0. The summed E-state index contributed by atoms with van der Waals surface area (Å²) in [5.74, 6) is 0. The monoisotopic (exact) mass is 236 g/mol. The molecule has 0 aromatic rings. The van der Waals surface area contributed by atoms with Crippen LogP contribution in [0.15, 0.2) is 0 Å². The van der Waals surface area contributed by atoms with Gasteiger partial charge in [0.25, 0.3) is 0 Å². The molecular weight excluding hydrogens is 236 g/mol. The van der Waals surface area contributed by atoms with Gasteiger partial charge in [-0.1, -0.05) is 0 Å². The van der Waals surface area contributed by atoms with Crippen molar-refractivity contribution >= 4 is 25.4 Å². The predicted octanol–water partition coefficient (Wildman–Crippen LogP) is 4.43. The van der Waals surface area contributed by atoms with E-state index in [1.807, 2.05) is 0 Å². The van der Waals surface area contributed by atoms with E-state index in [1.165, 1.54) is 0 Å². The molecule has 68 valence electrons. The van der Waals surface area contributed by atoms with Gasteiger partial charge in [-0.05, 0) is 0 Å². The van der Waals surface area contributed by atoms with E-state index in [2.05, 4.69) is 8.62 Å². The first-order valence-electron chi connectivity index (χ1n) is 1.76. The lowest BCUT2D eigenvalue weighted by molar-refractivity contribution is 0.331. The van der Waals surface area contributed by atoms with Crippen molar-refractivity contribution in [2.75, 3.05) is 0 Å². The highest BCUT2D eigenvalue weighted by atomic mass is 31.3. The van der Waals surface area contributed by atoms with Crippen molar-refractivity contribution in [2.45, 2.75) is 0 Å². The van der Waals surface area contributed by atoms with Crippen molar-refractivity contribution in [1.82, 2.24) is 0 Å². The summed E-state index contributed by atoms with van der Waals surface area (Å²) < 4.78 is 71.3. The topological polar surface area (TPSA) is 35.5 Å². The van der Waals surface area contributed by atoms with Gasteiger partial charge in [0, 0.05) is 0 Å². The molecule has 11 heavy (non-hydrogen) atoms. The largest absolute Gasteiger partial charge is 0.527 e. The summed E-state index contributed by atoms with van der Waals surface area (Å²) in [7, 11) is -14.4. The lowest BCUT2D eigenvalue weighted by atomic mass is 15.8. The molecule has 0 rings (SSSR count). The van der Waals surface area contributed by atoms with Crippen LogP contribution in [0.4, 0.5) is 21.0 Å². The average Bonchev–Trinajstić information content (AvgIpc) is 1.53.